The Labute approximate surface area is 119 Å². The molecule has 1 aromatic rings. The molecule has 0 saturated carbocycles. The second-order valence-electron chi connectivity index (χ2n) is 4.77. The maximum Gasteiger partial charge on any atom is 0.253 e. The highest BCUT2D eigenvalue weighted by Crippen LogP contribution is 2.10. The molecule has 1 unspecified atom stereocenters. The highest BCUT2D eigenvalue weighted by molar-refractivity contribution is 7.80. The van der Waals surface area contributed by atoms with E-state index in [0.717, 1.165) is 31.7 Å². The van der Waals surface area contributed by atoms with E-state index in [4.69, 9.17) is 18.0 Å². The molecule has 0 radical (unpaired) electrons. The lowest BCUT2D eigenvalue weighted by Gasteiger charge is -2.37. The minimum absolute atomic E-state index is 0.100. The number of thiocarbonyl (C=S) groups is 1. The van der Waals surface area contributed by atoms with E-state index in [0.29, 0.717) is 4.99 Å². The SMILES string of the molecule is CC(C(N)=S)N1CCN(C(=O)c2ccccc2)CC1. The standard InChI is InChI=1S/C14H19N3OS/c1-11(13(15)19)16-7-9-17(10-8-16)14(18)12-5-3-2-4-6-12/h2-6,11H,7-10H2,1H3,(H2,15,19). The number of piperazine rings is 1. The van der Waals surface area contributed by atoms with Crippen LogP contribution in [0.15, 0.2) is 30.3 Å². The number of benzene rings is 1. The van der Waals surface area contributed by atoms with Crippen LogP contribution in [0.2, 0.25) is 0 Å². The summed E-state index contributed by atoms with van der Waals surface area (Å²) < 4.78 is 0. The third kappa shape index (κ3) is 3.30. The minimum atomic E-state index is 0.100. The highest BCUT2D eigenvalue weighted by atomic mass is 32.1. The van der Waals surface area contributed by atoms with Gasteiger partial charge in [0.2, 0.25) is 0 Å². The number of carbonyl (C=O) groups excluding carboxylic acids is 1. The average molecular weight is 277 g/mol. The van der Waals surface area contributed by atoms with Crippen LogP contribution in [0, 0.1) is 0 Å². The van der Waals surface area contributed by atoms with Gasteiger partial charge in [-0.05, 0) is 19.1 Å². The first-order valence-corrected chi connectivity index (χ1v) is 6.88. The molecule has 5 heteroatoms. The smallest absolute Gasteiger partial charge is 0.253 e. The Hall–Kier alpha value is -1.46. The van der Waals surface area contributed by atoms with E-state index in [1.165, 1.54) is 0 Å². The van der Waals surface area contributed by atoms with Gasteiger partial charge in [0.15, 0.2) is 0 Å². The summed E-state index contributed by atoms with van der Waals surface area (Å²) in [7, 11) is 0. The van der Waals surface area contributed by atoms with Crippen LogP contribution in [0.4, 0.5) is 0 Å². The largest absolute Gasteiger partial charge is 0.392 e. The van der Waals surface area contributed by atoms with E-state index in [9.17, 15) is 4.79 Å². The molecule has 1 aliphatic heterocycles. The molecule has 1 aromatic carbocycles. The number of hydrogen-bond acceptors (Lipinski definition) is 3. The van der Waals surface area contributed by atoms with Crippen molar-refractivity contribution in [1.29, 1.82) is 0 Å². The zero-order valence-electron chi connectivity index (χ0n) is 11.1. The first-order valence-electron chi connectivity index (χ1n) is 6.47. The fraction of sp³-hybridized carbons (Fsp3) is 0.429. The number of carbonyl (C=O) groups is 1. The normalized spacial score (nSPS) is 18.1. The Bertz CT molecular complexity index is 455. The summed E-state index contributed by atoms with van der Waals surface area (Å²) in [6, 6.07) is 9.50. The number of amides is 1. The van der Waals surface area contributed by atoms with Gasteiger partial charge in [0.1, 0.15) is 0 Å². The van der Waals surface area contributed by atoms with Crippen LogP contribution in [0.1, 0.15) is 17.3 Å². The molecule has 2 rings (SSSR count). The Kier molecular flexibility index (Phi) is 4.50. The van der Waals surface area contributed by atoms with Crippen LogP contribution in [0.3, 0.4) is 0 Å². The fourth-order valence-electron chi connectivity index (χ4n) is 2.26. The lowest BCUT2D eigenvalue weighted by atomic mass is 10.1. The van der Waals surface area contributed by atoms with Crippen LogP contribution in [0.5, 0.6) is 0 Å². The van der Waals surface area contributed by atoms with Crippen molar-refractivity contribution in [2.75, 3.05) is 26.2 Å². The first kappa shape index (κ1) is 14.0. The fourth-order valence-corrected chi connectivity index (χ4v) is 2.40. The maximum atomic E-state index is 12.3. The third-order valence-electron chi connectivity index (χ3n) is 3.58. The predicted octanol–water partition coefficient (Wildman–Crippen LogP) is 1.12. The number of nitrogens with zero attached hydrogens (tertiary/aromatic N) is 2. The number of rotatable bonds is 3. The van der Waals surface area contributed by atoms with Crippen molar-refractivity contribution in [3.05, 3.63) is 35.9 Å². The second-order valence-corrected chi connectivity index (χ2v) is 5.24. The molecular formula is C14H19N3OS. The first-order chi connectivity index (χ1) is 9.09. The van der Waals surface area contributed by atoms with Gasteiger partial charge in [0.25, 0.3) is 5.91 Å². The topological polar surface area (TPSA) is 49.6 Å². The van der Waals surface area contributed by atoms with Crippen molar-refractivity contribution in [1.82, 2.24) is 9.80 Å². The average Bonchev–Trinajstić information content (AvgIpc) is 2.46. The summed E-state index contributed by atoms with van der Waals surface area (Å²) in [5.74, 6) is 0.100. The van der Waals surface area contributed by atoms with Crippen molar-refractivity contribution < 1.29 is 4.79 Å². The lowest BCUT2D eigenvalue weighted by molar-refractivity contribution is 0.0621. The van der Waals surface area contributed by atoms with Gasteiger partial charge in [-0.1, -0.05) is 30.4 Å². The van der Waals surface area contributed by atoms with Gasteiger partial charge >= 0.3 is 0 Å². The van der Waals surface area contributed by atoms with Crippen molar-refractivity contribution >= 4 is 23.1 Å². The summed E-state index contributed by atoms with van der Waals surface area (Å²) in [6.07, 6.45) is 0. The molecule has 4 nitrogen and oxygen atoms in total. The molecule has 1 saturated heterocycles. The van der Waals surface area contributed by atoms with E-state index in [1.54, 1.807) is 0 Å². The molecule has 102 valence electrons. The van der Waals surface area contributed by atoms with E-state index in [-0.39, 0.29) is 11.9 Å². The number of hydrogen-bond donors (Lipinski definition) is 1. The molecule has 1 amide bonds. The van der Waals surface area contributed by atoms with Crippen LogP contribution >= 0.6 is 12.2 Å². The summed E-state index contributed by atoms with van der Waals surface area (Å²) in [4.78, 5) is 16.9. The van der Waals surface area contributed by atoms with Gasteiger partial charge in [-0.2, -0.15) is 0 Å². The van der Waals surface area contributed by atoms with Gasteiger partial charge in [-0.15, -0.1) is 0 Å². The molecule has 2 N–H and O–H groups in total. The molecule has 0 bridgehead atoms. The van der Waals surface area contributed by atoms with Gasteiger partial charge in [-0.25, -0.2) is 0 Å². The number of nitrogens with two attached hydrogens (primary N) is 1. The van der Waals surface area contributed by atoms with Crippen LogP contribution in [-0.2, 0) is 0 Å². The molecule has 0 aliphatic carbocycles. The minimum Gasteiger partial charge on any atom is -0.392 e. The molecule has 1 heterocycles. The molecular weight excluding hydrogens is 258 g/mol. The molecule has 1 atom stereocenters. The second kappa shape index (κ2) is 6.12. The Morgan fingerprint density at radius 3 is 2.32 bits per heavy atom. The molecule has 0 aromatic heterocycles. The van der Waals surface area contributed by atoms with E-state index in [2.05, 4.69) is 4.90 Å². The maximum absolute atomic E-state index is 12.3. The van der Waals surface area contributed by atoms with Crippen LogP contribution in [0.25, 0.3) is 0 Å². The van der Waals surface area contributed by atoms with Gasteiger partial charge in [0.05, 0.1) is 11.0 Å². The van der Waals surface area contributed by atoms with Crippen molar-refractivity contribution in [3.63, 3.8) is 0 Å². The zero-order chi connectivity index (χ0) is 13.8. The molecule has 0 spiro atoms. The monoisotopic (exact) mass is 277 g/mol. The van der Waals surface area contributed by atoms with Gasteiger partial charge < -0.3 is 10.6 Å². The summed E-state index contributed by atoms with van der Waals surface area (Å²) >= 11 is 5.01. The third-order valence-corrected chi connectivity index (χ3v) is 3.92. The summed E-state index contributed by atoms with van der Waals surface area (Å²) in [5.41, 5.74) is 6.41. The van der Waals surface area contributed by atoms with E-state index < -0.39 is 0 Å². The van der Waals surface area contributed by atoms with Crippen molar-refractivity contribution in [2.45, 2.75) is 13.0 Å². The quantitative estimate of drug-likeness (QED) is 0.841. The zero-order valence-corrected chi connectivity index (χ0v) is 11.9. The Balaban J connectivity index is 1.93. The Morgan fingerprint density at radius 1 is 1.21 bits per heavy atom. The Morgan fingerprint density at radius 2 is 1.79 bits per heavy atom. The molecule has 19 heavy (non-hydrogen) atoms. The van der Waals surface area contributed by atoms with Gasteiger partial charge in [0, 0.05) is 31.7 Å². The summed E-state index contributed by atoms with van der Waals surface area (Å²) in [5, 5.41) is 0. The highest BCUT2D eigenvalue weighted by Gasteiger charge is 2.25. The van der Waals surface area contributed by atoms with Gasteiger partial charge in [-0.3, -0.25) is 9.69 Å². The van der Waals surface area contributed by atoms with Crippen molar-refractivity contribution in [3.8, 4) is 0 Å². The van der Waals surface area contributed by atoms with Crippen LogP contribution in [-0.4, -0.2) is 52.9 Å². The lowest BCUT2D eigenvalue weighted by Crippen LogP contribution is -2.53. The molecule has 1 aliphatic rings. The molecule has 1 fully saturated rings. The van der Waals surface area contributed by atoms with E-state index >= 15 is 0 Å². The van der Waals surface area contributed by atoms with Crippen molar-refractivity contribution in [2.24, 2.45) is 5.73 Å². The van der Waals surface area contributed by atoms with E-state index in [1.807, 2.05) is 42.2 Å². The summed E-state index contributed by atoms with van der Waals surface area (Å²) in [6.45, 7) is 5.09. The van der Waals surface area contributed by atoms with Crippen LogP contribution < -0.4 is 5.73 Å². The predicted molar refractivity (Wildman–Crippen MR) is 80.2 cm³/mol.